The molecule has 1 aliphatic rings. The zero-order valence-corrected chi connectivity index (χ0v) is 18.7. The highest BCUT2D eigenvalue weighted by molar-refractivity contribution is 7.89. The molecule has 0 fully saturated rings. The van der Waals surface area contributed by atoms with E-state index in [1.54, 1.807) is 41.9 Å². The Morgan fingerprint density at radius 2 is 1.84 bits per heavy atom. The fourth-order valence-corrected chi connectivity index (χ4v) is 5.12. The molecule has 1 N–H and O–H groups in total. The van der Waals surface area contributed by atoms with E-state index >= 15 is 0 Å². The third-order valence-corrected chi connectivity index (χ3v) is 7.01. The Labute approximate surface area is 185 Å². The molecule has 9 heteroatoms. The summed E-state index contributed by atoms with van der Waals surface area (Å²) in [5, 5.41) is 4.42. The number of ether oxygens (including phenoxy) is 2. The van der Waals surface area contributed by atoms with Crippen LogP contribution < -0.4 is 14.2 Å². The Balaban J connectivity index is 1.47. The lowest BCUT2D eigenvalue weighted by atomic mass is 10.1. The van der Waals surface area contributed by atoms with Crippen LogP contribution in [0, 0.1) is 20.8 Å². The molecule has 2 aromatic carbocycles. The number of nitrogens with one attached hydrogen (secondary N) is 1. The van der Waals surface area contributed by atoms with E-state index in [1.807, 2.05) is 32.0 Å². The van der Waals surface area contributed by atoms with Crippen molar-refractivity contribution < 1.29 is 17.9 Å². The molecule has 2 aromatic heterocycles. The largest absolute Gasteiger partial charge is 0.454 e. The number of fused-ring (bicyclic) bond motifs is 2. The van der Waals surface area contributed by atoms with E-state index in [0.29, 0.717) is 22.7 Å². The van der Waals surface area contributed by atoms with Gasteiger partial charge in [0.05, 0.1) is 11.1 Å². The minimum Gasteiger partial charge on any atom is -0.454 e. The predicted octanol–water partition coefficient (Wildman–Crippen LogP) is 3.53. The summed E-state index contributed by atoms with van der Waals surface area (Å²) >= 11 is 0. The summed E-state index contributed by atoms with van der Waals surface area (Å²) in [5.41, 5.74) is 5.50. The molecule has 0 saturated carbocycles. The Morgan fingerprint density at radius 1 is 1.03 bits per heavy atom. The molecule has 32 heavy (non-hydrogen) atoms. The second kappa shape index (κ2) is 7.61. The Hall–Kier alpha value is -3.43. The second-order valence-electron chi connectivity index (χ2n) is 7.82. The van der Waals surface area contributed by atoms with Gasteiger partial charge in [-0.05, 0) is 61.7 Å². The summed E-state index contributed by atoms with van der Waals surface area (Å²) < 4.78 is 41.4. The molecule has 8 nitrogen and oxygen atoms in total. The van der Waals surface area contributed by atoms with Gasteiger partial charge in [0, 0.05) is 23.5 Å². The molecule has 0 radical (unpaired) electrons. The van der Waals surface area contributed by atoms with Gasteiger partial charge in [-0.1, -0.05) is 18.2 Å². The Morgan fingerprint density at radius 3 is 2.69 bits per heavy atom. The SMILES string of the molecule is Cc1cc(C)n2ncc(-c3ccc(C)c(S(=O)(=O)NCc4ccc5c(c4)OCO5)c3)c2n1. The molecular weight excluding hydrogens is 428 g/mol. The van der Waals surface area contributed by atoms with Gasteiger partial charge in [0.2, 0.25) is 16.8 Å². The van der Waals surface area contributed by atoms with Gasteiger partial charge in [-0.2, -0.15) is 5.10 Å². The topological polar surface area (TPSA) is 94.8 Å². The fraction of sp³-hybridized carbons (Fsp3) is 0.217. The van der Waals surface area contributed by atoms with Gasteiger partial charge in [-0.3, -0.25) is 0 Å². The van der Waals surface area contributed by atoms with Gasteiger partial charge in [-0.25, -0.2) is 22.6 Å². The predicted molar refractivity (Wildman–Crippen MR) is 119 cm³/mol. The van der Waals surface area contributed by atoms with Crippen LogP contribution in [0.15, 0.2) is 53.6 Å². The molecule has 4 aromatic rings. The zero-order chi connectivity index (χ0) is 22.5. The van der Waals surface area contributed by atoms with Crippen LogP contribution in [0.5, 0.6) is 11.5 Å². The number of hydrogen-bond donors (Lipinski definition) is 1. The third kappa shape index (κ3) is 3.59. The molecule has 3 heterocycles. The maximum absolute atomic E-state index is 13.2. The quantitative estimate of drug-likeness (QED) is 0.500. The van der Waals surface area contributed by atoms with Crippen molar-refractivity contribution in [1.82, 2.24) is 19.3 Å². The molecule has 0 amide bonds. The number of rotatable bonds is 5. The summed E-state index contributed by atoms with van der Waals surface area (Å²) in [5.74, 6) is 1.28. The monoisotopic (exact) mass is 450 g/mol. The molecule has 0 aliphatic carbocycles. The highest BCUT2D eigenvalue weighted by Gasteiger charge is 2.20. The van der Waals surface area contributed by atoms with Crippen molar-refractivity contribution in [3.63, 3.8) is 0 Å². The number of aromatic nitrogens is 3. The van der Waals surface area contributed by atoms with Crippen molar-refractivity contribution in [3.05, 3.63) is 71.2 Å². The molecule has 164 valence electrons. The van der Waals surface area contributed by atoms with E-state index in [-0.39, 0.29) is 18.2 Å². The van der Waals surface area contributed by atoms with Crippen molar-refractivity contribution in [2.75, 3.05) is 6.79 Å². The van der Waals surface area contributed by atoms with Crippen molar-refractivity contribution in [2.24, 2.45) is 0 Å². The first kappa shape index (κ1) is 20.5. The minimum atomic E-state index is -3.76. The van der Waals surface area contributed by atoms with E-state index in [2.05, 4.69) is 14.8 Å². The number of hydrogen-bond acceptors (Lipinski definition) is 6. The zero-order valence-electron chi connectivity index (χ0n) is 17.9. The van der Waals surface area contributed by atoms with Crippen molar-refractivity contribution >= 4 is 15.7 Å². The van der Waals surface area contributed by atoms with E-state index in [4.69, 9.17) is 9.47 Å². The average molecular weight is 451 g/mol. The molecule has 0 atom stereocenters. The van der Waals surface area contributed by atoms with E-state index in [0.717, 1.165) is 28.1 Å². The number of aryl methyl sites for hydroxylation is 3. The summed E-state index contributed by atoms with van der Waals surface area (Å²) in [6.45, 7) is 5.98. The second-order valence-corrected chi connectivity index (χ2v) is 9.56. The van der Waals surface area contributed by atoms with Crippen molar-refractivity contribution in [2.45, 2.75) is 32.2 Å². The maximum Gasteiger partial charge on any atom is 0.241 e. The van der Waals surface area contributed by atoms with Gasteiger partial charge in [0.1, 0.15) is 0 Å². The summed E-state index contributed by atoms with van der Waals surface area (Å²) in [7, 11) is -3.76. The van der Waals surface area contributed by atoms with Gasteiger partial charge < -0.3 is 9.47 Å². The van der Waals surface area contributed by atoms with Crippen LogP contribution in [0.4, 0.5) is 0 Å². The number of benzene rings is 2. The van der Waals surface area contributed by atoms with E-state index < -0.39 is 10.0 Å². The molecule has 0 bridgehead atoms. The molecule has 0 unspecified atom stereocenters. The smallest absolute Gasteiger partial charge is 0.241 e. The van der Waals surface area contributed by atoms with Crippen LogP contribution in [0.25, 0.3) is 16.8 Å². The standard InChI is InChI=1S/C23H22N4O4S/c1-14-4-6-18(19-12-24-27-16(3)8-15(2)26-23(19)27)10-22(14)32(28,29)25-11-17-5-7-20-21(9-17)31-13-30-20/h4-10,12,25H,11,13H2,1-3H3. The van der Waals surface area contributed by atoms with Crippen LogP contribution in [0.2, 0.25) is 0 Å². The van der Waals surface area contributed by atoms with Crippen LogP contribution in [-0.2, 0) is 16.6 Å². The number of sulfonamides is 1. The summed E-state index contributed by atoms with van der Waals surface area (Å²) in [6.07, 6.45) is 1.72. The first-order valence-corrected chi connectivity index (χ1v) is 11.6. The lowest BCUT2D eigenvalue weighted by Crippen LogP contribution is -2.24. The molecule has 0 saturated heterocycles. The Bertz CT molecular complexity index is 1460. The van der Waals surface area contributed by atoms with E-state index in [1.165, 1.54) is 0 Å². The summed E-state index contributed by atoms with van der Waals surface area (Å²) in [4.78, 5) is 4.83. The third-order valence-electron chi connectivity index (χ3n) is 5.47. The maximum atomic E-state index is 13.2. The van der Waals surface area contributed by atoms with Gasteiger partial charge in [0.15, 0.2) is 17.1 Å². The normalized spacial score (nSPS) is 13.1. The van der Waals surface area contributed by atoms with Crippen LogP contribution >= 0.6 is 0 Å². The van der Waals surface area contributed by atoms with Crippen LogP contribution in [0.3, 0.4) is 0 Å². The van der Waals surface area contributed by atoms with Crippen LogP contribution in [0.1, 0.15) is 22.5 Å². The van der Waals surface area contributed by atoms with Crippen molar-refractivity contribution in [3.8, 4) is 22.6 Å². The first-order chi connectivity index (χ1) is 15.3. The average Bonchev–Trinajstić information content (AvgIpc) is 3.39. The van der Waals surface area contributed by atoms with Gasteiger partial charge in [0.25, 0.3) is 0 Å². The summed E-state index contributed by atoms with van der Waals surface area (Å²) in [6, 6.07) is 12.7. The molecule has 5 rings (SSSR count). The minimum absolute atomic E-state index is 0.138. The van der Waals surface area contributed by atoms with Gasteiger partial charge >= 0.3 is 0 Å². The first-order valence-electron chi connectivity index (χ1n) is 10.1. The number of nitrogens with zero attached hydrogens (tertiary/aromatic N) is 3. The lowest BCUT2D eigenvalue weighted by Gasteiger charge is -2.11. The van der Waals surface area contributed by atoms with Crippen LogP contribution in [-0.4, -0.2) is 29.8 Å². The highest BCUT2D eigenvalue weighted by atomic mass is 32.2. The lowest BCUT2D eigenvalue weighted by molar-refractivity contribution is 0.174. The highest BCUT2D eigenvalue weighted by Crippen LogP contribution is 2.33. The molecule has 1 aliphatic heterocycles. The van der Waals surface area contributed by atoms with Crippen molar-refractivity contribution in [1.29, 1.82) is 0 Å². The van der Waals surface area contributed by atoms with E-state index in [9.17, 15) is 8.42 Å². The molecular formula is C23H22N4O4S. The fourth-order valence-electron chi connectivity index (χ4n) is 3.84. The van der Waals surface area contributed by atoms with Gasteiger partial charge in [-0.15, -0.1) is 0 Å². The molecule has 0 spiro atoms. The Kier molecular flexibility index (Phi) is 4.87.